The van der Waals surface area contributed by atoms with Crippen molar-refractivity contribution in [2.24, 2.45) is 4.99 Å². The average molecular weight is 229 g/mol. The molecule has 0 saturated carbocycles. The average Bonchev–Trinajstić information content (AvgIpc) is 2.27. The number of para-hydroxylation sites is 1. The molecule has 0 amide bonds. The molecule has 16 heavy (non-hydrogen) atoms. The number of isocyanates is 1. The molecule has 1 aromatic rings. The Morgan fingerprint density at radius 3 is 2.50 bits per heavy atom. The van der Waals surface area contributed by atoms with E-state index in [2.05, 4.69) is 4.99 Å². The van der Waals surface area contributed by atoms with Crippen LogP contribution in [-0.4, -0.2) is 20.3 Å². The first-order chi connectivity index (χ1) is 7.56. The number of hydrogen-bond donors (Lipinski definition) is 0. The van der Waals surface area contributed by atoms with Gasteiger partial charge < -0.3 is 9.47 Å². The number of aliphatic imine (C=N–C) groups is 1. The summed E-state index contributed by atoms with van der Waals surface area (Å²) in [6.45, 7) is 0. The van der Waals surface area contributed by atoms with E-state index in [4.69, 9.17) is 9.47 Å². The zero-order valence-electron chi connectivity index (χ0n) is 8.66. The minimum Gasteiger partial charge on any atom is -0.493 e. The van der Waals surface area contributed by atoms with Crippen molar-refractivity contribution in [1.29, 1.82) is 0 Å². The molecule has 0 radical (unpaired) electrons. The Morgan fingerprint density at radius 2 is 2.00 bits per heavy atom. The van der Waals surface area contributed by atoms with Crippen molar-refractivity contribution in [1.82, 2.24) is 0 Å². The van der Waals surface area contributed by atoms with Crippen LogP contribution in [-0.2, 0) is 10.8 Å². The summed E-state index contributed by atoms with van der Waals surface area (Å²) >= 11 is 0. The lowest BCUT2D eigenvalue weighted by Gasteiger charge is -2.15. The van der Waals surface area contributed by atoms with Crippen LogP contribution in [0, 0.1) is 0 Å². The summed E-state index contributed by atoms with van der Waals surface area (Å²) in [6, 6.07) is 0.234. The van der Waals surface area contributed by atoms with E-state index in [1.807, 2.05) is 0 Å². The lowest BCUT2D eigenvalue weighted by atomic mass is 10.1. The maximum Gasteiger partial charge on any atom is 0.382 e. The number of alkyl halides is 2. The molecule has 0 fully saturated rings. The molecule has 0 heterocycles. The fraction of sp³-hybridized carbons (Fsp3) is 0.300. The van der Waals surface area contributed by atoms with Crippen LogP contribution in [0.4, 0.5) is 8.78 Å². The van der Waals surface area contributed by atoms with E-state index in [0.29, 0.717) is 0 Å². The Hall–Kier alpha value is -1.94. The second-order valence-electron chi connectivity index (χ2n) is 2.79. The van der Waals surface area contributed by atoms with Crippen LogP contribution < -0.4 is 9.47 Å². The van der Waals surface area contributed by atoms with E-state index in [9.17, 15) is 13.6 Å². The number of ether oxygens (including phenoxy) is 2. The highest BCUT2D eigenvalue weighted by atomic mass is 19.3. The van der Waals surface area contributed by atoms with Crippen LogP contribution in [0.5, 0.6) is 11.5 Å². The van der Waals surface area contributed by atoms with Crippen LogP contribution in [0.25, 0.3) is 0 Å². The molecule has 1 aromatic carbocycles. The number of halogens is 2. The third-order valence-electron chi connectivity index (χ3n) is 1.91. The molecule has 0 aliphatic rings. The standard InChI is InChI=1S/C10H9F2NO3/c1-15-8-5-3-4-7(9(8)16-2)10(11,12)13-6-14/h3-5H,1-2H3. The van der Waals surface area contributed by atoms with Crippen LogP contribution in [0.3, 0.4) is 0 Å². The molecule has 0 aliphatic carbocycles. The molecule has 0 saturated heterocycles. The highest BCUT2D eigenvalue weighted by Gasteiger charge is 2.35. The first-order valence-corrected chi connectivity index (χ1v) is 4.25. The van der Waals surface area contributed by atoms with Gasteiger partial charge in [-0.05, 0) is 12.1 Å². The van der Waals surface area contributed by atoms with Gasteiger partial charge in [0.1, 0.15) is 0 Å². The number of hydrogen-bond acceptors (Lipinski definition) is 4. The van der Waals surface area contributed by atoms with E-state index in [-0.39, 0.29) is 11.5 Å². The maximum atomic E-state index is 13.4. The second kappa shape index (κ2) is 4.72. The van der Waals surface area contributed by atoms with Gasteiger partial charge in [0, 0.05) is 0 Å². The number of methoxy groups -OCH3 is 2. The molecule has 0 aromatic heterocycles. The summed E-state index contributed by atoms with van der Waals surface area (Å²) in [5.41, 5.74) is -0.544. The van der Waals surface area contributed by atoms with Gasteiger partial charge in [-0.1, -0.05) is 6.07 Å². The zero-order valence-corrected chi connectivity index (χ0v) is 8.66. The van der Waals surface area contributed by atoms with E-state index in [0.717, 1.165) is 12.1 Å². The second-order valence-corrected chi connectivity index (χ2v) is 2.79. The minimum atomic E-state index is -3.68. The van der Waals surface area contributed by atoms with Crippen molar-refractivity contribution >= 4 is 6.08 Å². The minimum absolute atomic E-state index is 0.140. The van der Waals surface area contributed by atoms with Crippen LogP contribution in [0.2, 0.25) is 0 Å². The first-order valence-electron chi connectivity index (χ1n) is 4.25. The number of rotatable bonds is 4. The van der Waals surface area contributed by atoms with E-state index < -0.39 is 11.6 Å². The van der Waals surface area contributed by atoms with Gasteiger partial charge in [-0.3, -0.25) is 0 Å². The first kappa shape index (κ1) is 12.1. The summed E-state index contributed by atoms with van der Waals surface area (Å²) in [6.07, 6.45) is 0.824. The third-order valence-corrected chi connectivity index (χ3v) is 1.91. The van der Waals surface area contributed by atoms with Crippen molar-refractivity contribution in [3.63, 3.8) is 0 Å². The molecule has 0 unspecified atom stereocenters. The Morgan fingerprint density at radius 1 is 1.31 bits per heavy atom. The molecular weight excluding hydrogens is 220 g/mol. The normalized spacial score (nSPS) is 10.5. The molecule has 0 atom stereocenters. The van der Waals surface area contributed by atoms with Gasteiger partial charge in [-0.2, -0.15) is 8.78 Å². The fourth-order valence-electron chi connectivity index (χ4n) is 1.24. The van der Waals surface area contributed by atoms with Crippen LogP contribution in [0.1, 0.15) is 5.56 Å². The zero-order chi connectivity index (χ0) is 12.2. The number of carbonyl (C=O) groups excluding carboxylic acids is 1. The lowest BCUT2D eigenvalue weighted by Crippen LogP contribution is -2.11. The molecule has 0 aliphatic heterocycles. The topological polar surface area (TPSA) is 47.9 Å². The summed E-state index contributed by atoms with van der Waals surface area (Å²) in [7, 11) is 2.55. The Kier molecular flexibility index (Phi) is 3.58. The summed E-state index contributed by atoms with van der Waals surface area (Å²) < 4.78 is 36.4. The predicted octanol–water partition coefficient (Wildman–Crippen LogP) is 2.09. The van der Waals surface area contributed by atoms with E-state index >= 15 is 0 Å². The predicted molar refractivity (Wildman–Crippen MR) is 51.6 cm³/mol. The molecule has 86 valence electrons. The quantitative estimate of drug-likeness (QED) is 0.451. The Balaban J connectivity index is 3.38. The molecule has 0 N–H and O–H groups in total. The van der Waals surface area contributed by atoms with E-state index in [1.54, 1.807) is 0 Å². The van der Waals surface area contributed by atoms with Gasteiger partial charge in [0.25, 0.3) is 0 Å². The van der Waals surface area contributed by atoms with Crippen molar-refractivity contribution < 1.29 is 23.0 Å². The molecule has 1 rings (SSSR count). The SMILES string of the molecule is COc1cccc(C(F)(F)N=C=O)c1OC. The van der Waals surface area contributed by atoms with Gasteiger partial charge in [-0.15, -0.1) is 4.99 Å². The Bertz CT molecular complexity index is 428. The van der Waals surface area contributed by atoms with Gasteiger partial charge in [0.15, 0.2) is 11.5 Å². The van der Waals surface area contributed by atoms with E-state index in [1.165, 1.54) is 26.4 Å². The summed E-state index contributed by atoms with van der Waals surface area (Å²) in [5, 5.41) is 0. The third kappa shape index (κ3) is 2.17. The number of nitrogens with zero attached hydrogens (tertiary/aromatic N) is 1. The molecule has 4 nitrogen and oxygen atoms in total. The van der Waals surface area contributed by atoms with Crippen molar-refractivity contribution in [2.75, 3.05) is 14.2 Å². The van der Waals surface area contributed by atoms with Gasteiger partial charge in [0.05, 0.1) is 19.8 Å². The van der Waals surface area contributed by atoms with Crippen LogP contribution in [0.15, 0.2) is 23.2 Å². The fourth-order valence-corrected chi connectivity index (χ4v) is 1.24. The molecule has 0 bridgehead atoms. The Labute approximate surface area is 90.5 Å². The van der Waals surface area contributed by atoms with Crippen molar-refractivity contribution in [3.8, 4) is 11.5 Å². The summed E-state index contributed by atoms with van der Waals surface area (Å²) in [4.78, 5) is 12.3. The summed E-state index contributed by atoms with van der Waals surface area (Å²) in [5.74, 6) is -0.0187. The van der Waals surface area contributed by atoms with Gasteiger partial charge >= 0.3 is 6.05 Å². The highest BCUT2D eigenvalue weighted by Crippen LogP contribution is 2.40. The van der Waals surface area contributed by atoms with Crippen LogP contribution >= 0.6 is 0 Å². The molecule has 0 spiro atoms. The van der Waals surface area contributed by atoms with Gasteiger partial charge in [-0.25, -0.2) is 4.79 Å². The largest absolute Gasteiger partial charge is 0.493 e. The molecular formula is C10H9F2NO3. The number of benzene rings is 1. The highest BCUT2D eigenvalue weighted by molar-refractivity contribution is 5.49. The van der Waals surface area contributed by atoms with Crippen molar-refractivity contribution in [2.45, 2.75) is 6.05 Å². The van der Waals surface area contributed by atoms with Gasteiger partial charge in [0.2, 0.25) is 6.08 Å². The monoisotopic (exact) mass is 229 g/mol. The smallest absolute Gasteiger partial charge is 0.382 e. The lowest BCUT2D eigenvalue weighted by molar-refractivity contribution is 0.00358. The maximum absolute atomic E-state index is 13.4. The van der Waals surface area contributed by atoms with Crippen molar-refractivity contribution in [3.05, 3.63) is 23.8 Å². The molecule has 6 heteroatoms.